The molecule has 0 heterocycles. The maximum absolute atomic E-state index is 12.2. The molecule has 0 aromatic heterocycles. The highest BCUT2D eigenvalue weighted by Gasteiger charge is 2.18. The monoisotopic (exact) mass is 326 g/mol. The second kappa shape index (κ2) is 5.46. The number of nitrogens with two attached hydrogens (primary N) is 2. The van der Waals surface area contributed by atoms with Gasteiger partial charge in [-0.2, -0.15) is 8.42 Å². The van der Waals surface area contributed by atoms with Crippen molar-refractivity contribution >= 4 is 33.1 Å². The van der Waals surface area contributed by atoms with Gasteiger partial charge in [0.25, 0.3) is 0 Å². The quantitative estimate of drug-likeness (QED) is 0.668. The Morgan fingerprint density at radius 2 is 1.57 bits per heavy atom. The standard InChI is InChI=1S/C14H15ClN2O3S/c1-8-5-10(6-9(2)14(8)15)20-21(18,19)11-3-4-12(16)13(17)7-11/h3-7H,16-17H2,1-2H3. The van der Waals surface area contributed by atoms with Crippen molar-refractivity contribution in [2.45, 2.75) is 18.7 Å². The van der Waals surface area contributed by atoms with Gasteiger partial charge >= 0.3 is 10.1 Å². The second-order valence-corrected chi connectivity index (χ2v) is 6.62. The third kappa shape index (κ3) is 3.22. The van der Waals surface area contributed by atoms with Crippen LogP contribution in [0.1, 0.15) is 11.1 Å². The summed E-state index contributed by atoms with van der Waals surface area (Å²) < 4.78 is 29.6. The van der Waals surface area contributed by atoms with Gasteiger partial charge in [0.1, 0.15) is 10.6 Å². The van der Waals surface area contributed by atoms with Crippen molar-refractivity contribution in [3.05, 3.63) is 46.5 Å². The summed E-state index contributed by atoms with van der Waals surface area (Å²) in [5.41, 5.74) is 13.1. The molecule has 0 unspecified atom stereocenters. The van der Waals surface area contributed by atoms with Crippen molar-refractivity contribution in [1.82, 2.24) is 0 Å². The fourth-order valence-corrected chi connectivity index (χ4v) is 2.90. The second-order valence-electron chi connectivity index (χ2n) is 4.70. The van der Waals surface area contributed by atoms with E-state index in [1.165, 1.54) is 18.2 Å². The van der Waals surface area contributed by atoms with E-state index in [1.54, 1.807) is 26.0 Å². The first-order chi connectivity index (χ1) is 9.70. The maximum Gasteiger partial charge on any atom is 0.339 e. The van der Waals surface area contributed by atoms with Gasteiger partial charge in [-0.25, -0.2) is 0 Å². The molecule has 0 fully saturated rings. The summed E-state index contributed by atoms with van der Waals surface area (Å²) in [4.78, 5) is -0.0561. The summed E-state index contributed by atoms with van der Waals surface area (Å²) >= 11 is 6.04. The van der Waals surface area contributed by atoms with E-state index >= 15 is 0 Å². The van der Waals surface area contributed by atoms with Gasteiger partial charge in [0.15, 0.2) is 0 Å². The third-order valence-corrected chi connectivity index (χ3v) is 4.80. The lowest BCUT2D eigenvalue weighted by Crippen LogP contribution is -2.11. The van der Waals surface area contributed by atoms with Crippen LogP contribution in [0.3, 0.4) is 0 Å². The van der Waals surface area contributed by atoms with Crippen molar-refractivity contribution in [3.63, 3.8) is 0 Å². The first-order valence-corrected chi connectivity index (χ1v) is 7.85. The molecule has 5 nitrogen and oxygen atoms in total. The molecule has 2 rings (SSSR count). The lowest BCUT2D eigenvalue weighted by atomic mass is 10.1. The van der Waals surface area contributed by atoms with Crippen molar-refractivity contribution in [2.75, 3.05) is 11.5 Å². The van der Waals surface area contributed by atoms with E-state index in [2.05, 4.69) is 0 Å². The number of benzene rings is 2. The largest absolute Gasteiger partial charge is 0.397 e. The molecule has 0 bridgehead atoms. The molecule has 0 spiro atoms. The predicted molar refractivity (Wildman–Crippen MR) is 84.0 cm³/mol. The first kappa shape index (κ1) is 15.5. The molecule has 7 heteroatoms. The minimum Gasteiger partial charge on any atom is -0.397 e. The number of aryl methyl sites for hydroxylation is 2. The number of anilines is 2. The summed E-state index contributed by atoms with van der Waals surface area (Å²) in [6.07, 6.45) is 0. The molecular weight excluding hydrogens is 312 g/mol. The number of rotatable bonds is 3. The Bertz CT molecular complexity index is 781. The van der Waals surface area contributed by atoms with Crippen LogP contribution in [0.5, 0.6) is 5.75 Å². The van der Waals surface area contributed by atoms with E-state index in [4.69, 9.17) is 27.3 Å². The molecule has 0 radical (unpaired) electrons. The van der Waals surface area contributed by atoms with Crippen LogP contribution in [0.15, 0.2) is 35.2 Å². The van der Waals surface area contributed by atoms with Gasteiger partial charge in [-0.05, 0) is 55.3 Å². The van der Waals surface area contributed by atoms with Crippen LogP contribution in [0.2, 0.25) is 5.02 Å². The Morgan fingerprint density at radius 1 is 1.00 bits per heavy atom. The normalized spacial score (nSPS) is 11.4. The molecule has 2 aromatic rings. The molecule has 21 heavy (non-hydrogen) atoms. The summed E-state index contributed by atoms with van der Waals surface area (Å²) in [5, 5.41) is 0.580. The summed E-state index contributed by atoms with van der Waals surface area (Å²) in [6.45, 7) is 3.55. The minimum atomic E-state index is -3.98. The Morgan fingerprint density at radius 3 is 2.10 bits per heavy atom. The topological polar surface area (TPSA) is 95.4 Å². The highest BCUT2D eigenvalue weighted by atomic mass is 35.5. The van der Waals surface area contributed by atoms with Gasteiger partial charge in [-0.15, -0.1) is 0 Å². The molecule has 112 valence electrons. The van der Waals surface area contributed by atoms with Crippen molar-refractivity contribution in [1.29, 1.82) is 0 Å². The summed E-state index contributed by atoms with van der Waals surface area (Å²) in [5.74, 6) is 0.199. The van der Waals surface area contributed by atoms with Gasteiger partial charge in [0.05, 0.1) is 11.4 Å². The predicted octanol–water partition coefficient (Wildman–Crippen LogP) is 2.89. The lowest BCUT2D eigenvalue weighted by molar-refractivity contribution is 0.486. The highest BCUT2D eigenvalue weighted by Crippen LogP contribution is 2.28. The number of halogens is 1. The fourth-order valence-electron chi connectivity index (χ4n) is 1.84. The van der Waals surface area contributed by atoms with Crippen molar-refractivity contribution in [2.24, 2.45) is 0 Å². The van der Waals surface area contributed by atoms with E-state index < -0.39 is 10.1 Å². The summed E-state index contributed by atoms with van der Waals surface area (Å²) in [7, 11) is -3.98. The van der Waals surface area contributed by atoms with Crippen LogP contribution in [0, 0.1) is 13.8 Å². The van der Waals surface area contributed by atoms with Crippen LogP contribution in [-0.2, 0) is 10.1 Å². The van der Waals surface area contributed by atoms with Crippen molar-refractivity contribution in [3.8, 4) is 5.75 Å². The van der Waals surface area contributed by atoms with Gasteiger partial charge in [0, 0.05) is 5.02 Å². The zero-order chi connectivity index (χ0) is 15.8. The Balaban J connectivity index is 2.39. The molecular formula is C14H15ClN2O3S. The maximum atomic E-state index is 12.2. The summed E-state index contributed by atoms with van der Waals surface area (Å²) in [6, 6.07) is 7.15. The molecule has 4 N–H and O–H groups in total. The molecule has 0 saturated heterocycles. The van der Waals surface area contributed by atoms with Gasteiger partial charge in [0.2, 0.25) is 0 Å². The van der Waals surface area contributed by atoms with E-state index in [-0.39, 0.29) is 16.3 Å². The van der Waals surface area contributed by atoms with E-state index in [9.17, 15) is 8.42 Å². The minimum absolute atomic E-state index is 0.0561. The Labute approximate surface area is 128 Å². The zero-order valence-corrected chi connectivity index (χ0v) is 13.1. The smallest absolute Gasteiger partial charge is 0.339 e. The molecule has 2 aromatic carbocycles. The molecule has 0 aliphatic heterocycles. The van der Waals surface area contributed by atoms with E-state index in [0.717, 1.165) is 11.1 Å². The lowest BCUT2D eigenvalue weighted by Gasteiger charge is -2.11. The molecule has 0 aliphatic carbocycles. The van der Waals surface area contributed by atoms with Gasteiger partial charge in [-0.1, -0.05) is 11.6 Å². The number of hydrogen-bond acceptors (Lipinski definition) is 5. The average Bonchev–Trinajstić information content (AvgIpc) is 2.38. The SMILES string of the molecule is Cc1cc(OS(=O)(=O)c2ccc(N)c(N)c2)cc(C)c1Cl. The molecule has 0 amide bonds. The fraction of sp³-hybridized carbons (Fsp3) is 0.143. The van der Waals surface area contributed by atoms with Crippen LogP contribution in [0.4, 0.5) is 11.4 Å². The van der Waals surface area contributed by atoms with E-state index in [1.807, 2.05) is 0 Å². The Hall–Kier alpha value is -1.92. The first-order valence-electron chi connectivity index (χ1n) is 6.07. The van der Waals surface area contributed by atoms with Gasteiger partial charge in [-0.3, -0.25) is 0 Å². The van der Waals surface area contributed by atoms with Crippen molar-refractivity contribution < 1.29 is 12.6 Å². The number of nitrogen functional groups attached to an aromatic ring is 2. The number of hydrogen-bond donors (Lipinski definition) is 2. The molecule has 0 atom stereocenters. The van der Waals surface area contributed by atoms with E-state index in [0.29, 0.717) is 10.7 Å². The molecule has 0 aliphatic rings. The van der Waals surface area contributed by atoms with Crippen LogP contribution < -0.4 is 15.7 Å². The highest BCUT2D eigenvalue weighted by molar-refractivity contribution is 7.87. The van der Waals surface area contributed by atoms with Crippen LogP contribution in [0.25, 0.3) is 0 Å². The molecule has 0 saturated carbocycles. The third-order valence-electron chi connectivity index (χ3n) is 2.96. The van der Waals surface area contributed by atoms with Gasteiger partial charge < -0.3 is 15.7 Å². The van der Waals surface area contributed by atoms with Crippen LogP contribution >= 0.6 is 11.6 Å². The Kier molecular flexibility index (Phi) is 4.02. The zero-order valence-electron chi connectivity index (χ0n) is 11.6. The van der Waals surface area contributed by atoms with Crippen LogP contribution in [-0.4, -0.2) is 8.42 Å². The average molecular weight is 327 g/mol.